The molecule has 0 atom stereocenters. The Kier molecular flexibility index (Phi) is 6.05. The third kappa shape index (κ3) is 4.16. The third-order valence-corrected chi connectivity index (χ3v) is 9.33. The van der Waals surface area contributed by atoms with Crippen molar-refractivity contribution in [2.24, 2.45) is 0 Å². The van der Waals surface area contributed by atoms with Crippen LogP contribution in [-0.2, 0) is 0 Å². The topological polar surface area (TPSA) is 3.24 Å². The fourth-order valence-electron chi connectivity index (χ4n) is 6.08. The van der Waals surface area contributed by atoms with Crippen LogP contribution in [0.3, 0.4) is 0 Å². The van der Waals surface area contributed by atoms with Crippen molar-refractivity contribution in [3.63, 3.8) is 0 Å². The fraction of sp³-hybridized carbons (Fsp3) is 0. The minimum atomic E-state index is 1.14. The number of nitrogens with zero attached hydrogens (tertiary/aromatic N) is 1. The Bertz CT molecular complexity index is 2160. The summed E-state index contributed by atoms with van der Waals surface area (Å²) in [5.74, 6) is 0. The lowest BCUT2D eigenvalue weighted by molar-refractivity contribution is 1.30. The van der Waals surface area contributed by atoms with E-state index in [2.05, 4.69) is 169 Å². The van der Waals surface area contributed by atoms with Gasteiger partial charge < -0.3 is 4.90 Å². The van der Waals surface area contributed by atoms with Gasteiger partial charge in [0.15, 0.2) is 0 Å². The van der Waals surface area contributed by atoms with Gasteiger partial charge in [-0.05, 0) is 64.0 Å². The second kappa shape index (κ2) is 10.3. The SMILES string of the molecule is c1ccc(-c2ccc(N(c3ccccc3)c3cccc4c3sc3c5ccccc5c(-c5ccccc5)cc43)cc2)cc1. The van der Waals surface area contributed by atoms with Gasteiger partial charge >= 0.3 is 0 Å². The van der Waals surface area contributed by atoms with Gasteiger partial charge in [-0.3, -0.25) is 0 Å². The highest BCUT2D eigenvalue weighted by molar-refractivity contribution is 7.27. The first-order valence-electron chi connectivity index (χ1n) is 14.3. The average Bonchev–Trinajstić information content (AvgIpc) is 3.46. The van der Waals surface area contributed by atoms with E-state index in [1.165, 1.54) is 58.9 Å². The molecular formula is C40H27NS. The maximum atomic E-state index is 2.40. The molecule has 0 unspecified atom stereocenters. The summed E-state index contributed by atoms with van der Waals surface area (Å²) in [5, 5.41) is 5.19. The van der Waals surface area contributed by atoms with Gasteiger partial charge in [0.1, 0.15) is 0 Å². The van der Waals surface area contributed by atoms with Crippen LogP contribution in [0.15, 0.2) is 164 Å². The van der Waals surface area contributed by atoms with Crippen LogP contribution in [0.4, 0.5) is 17.1 Å². The highest BCUT2D eigenvalue weighted by atomic mass is 32.1. The van der Waals surface area contributed by atoms with Gasteiger partial charge in [-0.25, -0.2) is 0 Å². The summed E-state index contributed by atoms with van der Waals surface area (Å²) in [4.78, 5) is 2.40. The summed E-state index contributed by atoms with van der Waals surface area (Å²) in [5.41, 5.74) is 8.44. The number of thiophene rings is 1. The molecule has 0 aliphatic carbocycles. The van der Waals surface area contributed by atoms with E-state index in [1.54, 1.807) is 0 Å². The number of anilines is 3. The van der Waals surface area contributed by atoms with Crippen molar-refractivity contribution in [2.45, 2.75) is 0 Å². The van der Waals surface area contributed by atoms with Crippen LogP contribution in [0.5, 0.6) is 0 Å². The van der Waals surface area contributed by atoms with E-state index >= 15 is 0 Å². The van der Waals surface area contributed by atoms with E-state index in [0.29, 0.717) is 0 Å². The Morgan fingerprint density at radius 3 is 1.60 bits per heavy atom. The van der Waals surface area contributed by atoms with E-state index in [1.807, 2.05) is 11.3 Å². The van der Waals surface area contributed by atoms with Crippen LogP contribution >= 0.6 is 11.3 Å². The number of rotatable bonds is 5. The predicted octanol–water partition coefficient (Wildman–Crippen LogP) is 12.0. The Morgan fingerprint density at radius 2 is 0.881 bits per heavy atom. The number of hydrogen-bond acceptors (Lipinski definition) is 2. The molecule has 1 aromatic heterocycles. The zero-order valence-electron chi connectivity index (χ0n) is 22.9. The van der Waals surface area contributed by atoms with Crippen LogP contribution < -0.4 is 4.90 Å². The van der Waals surface area contributed by atoms with Gasteiger partial charge in [-0.2, -0.15) is 0 Å². The summed E-state index contributed by atoms with van der Waals surface area (Å²) in [6.07, 6.45) is 0. The van der Waals surface area contributed by atoms with Crippen molar-refractivity contribution >= 4 is 59.3 Å². The van der Waals surface area contributed by atoms with Crippen molar-refractivity contribution in [3.8, 4) is 22.3 Å². The Morgan fingerprint density at radius 1 is 0.357 bits per heavy atom. The van der Waals surface area contributed by atoms with Gasteiger partial charge in [0.05, 0.1) is 10.4 Å². The van der Waals surface area contributed by atoms with Crippen LogP contribution in [0, 0.1) is 0 Å². The highest BCUT2D eigenvalue weighted by Crippen LogP contribution is 2.48. The molecule has 0 N–H and O–H groups in total. The summed E-state index contributed by atoms with van der Waals surface area (Å²) in [6.45, 7) is 0. The van der Waals surface area contributed by atoms with Gasteiger partial charge in [-0.1, -0.05) is 127 Å². The number of fused-ring (bicyclic) bond motifs is 5. The zero-order valence-corrected chi connectivity index (χ0v) is 23.8. The average molecular weight is 554 g/mol. The van der Waals surface area contributed by atoms with E-state index in [4.69, 9.17) is 0 Å². The monoisotopic (exact) mass is 553 g/mol. The van der Waals surface area contributed by atoms with Crippen molar-refractivity contribution in [3.05, 3.63) is 164 Å². The lowest BCUT2D eigenvalue weighted by Crippen LogP contribution is -2.09. The second-order valence-corrected chi connectivity index (χ2v) is 11.6. The molecule has 0 aliphatic heterocycles. The molecule has 1 nitrogen and oxygen atoms in total. The minimum absolute atomic E-state index is 1.14. The zero-order chi connectivity index (χ0) is 27.9. The summed E-state index contributed by atoms with van der Waals surface area (Å²) < 4.78 is 2.62. The van der Waals surface area contributed by atoms with Crippen LogP contribution in [0.25, 0.3) is 53.2 Å². The minimum Gasteiger partial charge on any atom is -0.309 e. The first-order chi connectivity index (χ1) is 20.8. The van der Waals surface area contributed by atoms with Gasteiger partial charge in [0, 0.05) is 32.2 Å². The van der Waals surface area contributed by atoms with Gasteiger partial charge in [-0.15, -0.1) is 11.3 Å². The molecule has 0 radical (unpaired) electrons. The molecule has 8 aromatic rings. The summed E-state index contributed by atoms with van der Waals surface area (Å²) in [6, 6.07) is 58.9. The summed E-state index contributed by atoms with van der Waals surface area (Å²) >= 11 is 1.90. The molecule has 1 heterocycles. The molecule has 198 valence electrons. The molecule has 0 aliphatic rings. The second-order valence-electron chi connectivity index (χ2n) is 10.6. The maximum Gasteiger partial charge on any atom is 0.0640 e. The van der Waals surface area contributed by atoms with Crippen molar-refractivity contribution in [1.29, 1.82) is 0 Å². The van der Waals surface area contributed by atoms with Crippen LogP contribution in [0.2, 0.25) is 0 Å². The number of hydrogen-bond donors (Lipinski definition) is 0. The largest absolute Gasteiger partial charge is 0.309 e. The fourth-order valence-corrected chi connectivity index (χ4v) is 7.40. The molecule has 0 saturated heterocycles. The Labute approximate surface area is 249 Å². The molecule has 2 heteroatoms. The molecule has 7 aromatic carbocycles. The number of para-hydroxylation sites is 1. The molecule has 0 spiro atoms. The van der Waals surface area contributed by atoms with E-state index in [9.17, 15) is 0 Å². The first kappa shape index (κ1) is 24.6. The van der Waals surface area contributed by atoms with E-state index in [-0.39, 0.29) is 0 Å². The van der Waals surface area contributed by atoms with E-state index in [0.717, 1.165) is 11.4 Å². The first-order valence-corrected chi connectivity index (χ1v) is 15.1. The van der Waals surface area contributed by atoms with E-state index < -0.39 is 0 Å². The molecule has 0 bridgehead atoms. The molecule has 8 rings (SSSR count). The Hall–Kier alpha value is -5.18. The number of benzene rings is 7. The van der Waals surface area contributed by atoms with Gasteiger partial charge in [0.25, 0.3) is 0 Å². The normalized spacial score (nSPS) is 11.3. The Balaban J connectivity index is 1.36. The highest BCUT2D eigenvalue weighted by Gasteiger charge is 2.20. The molecule has 42 heavy (non-hydrogen) atoms. The third-order valence-electron chi connectivity index (χ3n) is 8.06. The molecule has 0 fully saturated rings. The van der Waals surface area contributed by atoms with Crippen LogP contribution in [0.1, 0.15) is 0 Å². The molecular weight excluding hydrogens is 527 g/mol. The lowest BCUT2D eigenvalue weighted by atomic mass is 9.95. The maximum absolute atomic E-state index is 2.40. The molecule has 0 amide bonds. The predicted molar refractivity (Wildman–Crippen MR) is 182 cm³/mol. The smallest absolute Gasteiger partial charge is 0.0640 e. The van der Waals surface area contributed by atoms with Crippen molar-refractivity contribution in [1.82, 2.24) is 0 Å². The van der Waals surface area contributed by atoms with Crippen molar-refractivity contribution in [2.75, 3.05) is 4.90 Å². The standard InChI is InChI=1S/C40H27NS/c1-4-13-28(14-5-1)29-23-25-32(26-24-29)41(31-17-8-3-9-18-31)38-22-12-21-35-37-27-36(30-15-6-2-7-16-30)33-19-10-11-20-34(33)39(37)42-40(35)38/h1-27H. The lowest BCUT2D eigenvalue weighted by Gasteiger charge is -2.26. The summed E-state index contributed by atoms with van der Waals surface area (Å²) in [7, 11) is 0. The van der Waals surface area contributed by atoms with Gasteiger partial charge in [0.2, 0.25) is 0 Å². The van der Waals surface area contributed by atoms with Crippen LogP contribution in [-0.4, -0.2) is 0 Å². The molecule has 0 saturated carbocycles. The van der Waals surface area contributed by atoms with Crippen molar-refractivity contribution < 1.29 is 0 Å². The quantitative estimate of drug-likeness (QED) is 0.205.